The predicted molar refractivity (Wildman–Crippen MR) is 546 cm³/mol. The van der Waals surface area contributed by atoms with Crippen LogP contribution in [0.5, 0.6) is 46.0 Å². The first-order valence-electron chi connectivity index (χ1n) is 42.5. The van der Waals surface area contributed by atoms with Crippen molar-refractivity contribution >= 4 is 185 Å². The molecule has 1 fully saturated rings. The van der Waals surface area contributed by atoms with Gasteiger partial charge in [-0.2, -0.15) is 0 Å². The van der Waals surface area contributed by atoms with Crippen LogP contribution in [0.3, 0.4) is 0 Å². The monoisotopic (exact) mass is 2160 g/mol. The maximum absolute atomic E-state index is 14.0. The molecular weight excluding hydrogens is 2070 g/mol. The lowest BCUT2D eigenvalue weighted by atomic mass is 9.80. The van der Waals surface area contributed by atoms with Crippen molar-refractivity contribution in [3.05, 3.63) is 271 Å². The van der Waals surface area contributed by atoms with Gasteiger partial charge >= 0.3 is 13.2 Å². The number of anilines is 4. The number of methoxy groups -OCH3 is 4. The van der Waals surface area contributed by atoms with Crippen LogP contribution in [-0.4, -0.2) is 129 Å². The molecule has 0 bridgehead atoms. The van der Waals surface area contributed by atoms with Crippen LogP contribution in [0, 0.1) is 23.3 Å². The topological polar surface area (TPSA) is 341 Å². The van der Waals surface area contributed by atoms with E-state index < -0.39 is 71.6 Å². The van der Waals surface area contributed by atoms with Gasteiger partial charge in [0.1, 0.15) is 76.2 Å². The first-order chi connectivity index (χ1) is 65.7. The molecule has 3 aliphatic rings. The number of rotatable bonds is 22. The Kier molecular flexibility index (Phi) is 37.5. The minimum absolute atomic E-state index is 0.0885. The Morgan fingerprint density at radius 2 is 0.755 bits per heavy atom. The number of nitrogen functional groups attached to an aromatic ring is 4. The summed E-state index contributed by atoms with van der Waals surface area (Å²) in [6.45, 7) is 22.8. The second-order valence-electron chi connectivity index (χ2n) is 33.1. The van der Waals surface area contributed by atoms with Crippen molar-refractivity contribution in [1.82, 2.24) is 50.1 Å². The number of carbonyl (C=O) groups is 1. The lowest BCUT2D eigenvalue weighted by molar-refractivity contribution is 0.00578. The Labute approximate surface area is 860 Å². The number of ether oxygens (including phenoxy) is 9. The van der Waals surface area contributed by atoms with Crippen LogP contribution in [0.1, 0.15) is 147 Å². The minimum Gasteiger partial charge on any atom is -0.494 e. The molecule has 3 aliphatic heterocycles. The zero-order chi connectivity index (χ0) is 102. The van der Waals surface area contributed by atoms with E-state index in [-0.39, 0.29) is 76.2 Å². The van der Waals surface area contributed by atoms with Crippen LogP contribution in [0.2, 0.25) is 50.5 Å². The number of hydrogen-bond donors (Lipinski definition) is 5. The third-order valence-corrected chi connectivity index (χ3v) is 25.8. The largest absolute Gasteiger partial charge is 0.496 e. The molecule has 0 saturated carbocycles. The van der Waals surface area contributed by atoms with E-state index in [2.05, 4.69) is 67.2 Å². The van der Waals surface area contributed by atoms with Gasteiger partial charge in [0.05, 0.1) is 59.7 Å². The van der Waals surface area contributed by atoms with E-state index in [9.17, 15) is 22.4 Å². The first-order valence-corrected chi connectivity index (χ1v) is 47.1. The number of aromatic nitrogens is 8. The smallest absolute Gasteiger partial charge is 0.494 e. The first kappa shape index (κ1) is 109. The highest BCUT2D eigenvalue weighted by Gasteiger charge is 2.52. The molecule has 9 N–H and O–H groups in total. The average Bonchev–Trinajstić information content (AvgIpc) is 1.57. The Balaban J connectivity index is 0.000000173. The molecule has 1 saturated heterocycles. The van der Waals surface area contributed by atoms with Crippen molar-refractivity contribution < 1.29 is 74.3 Å². The van der Waals surface area contributed by atoms with Crippen molar-refractivity contribution in [3.63, 3.8) is 0 Å². The number of halogens is 15. The molecule has 11 heterocycles. The number of carbonyl (C=O) groups excluding carboxylic acids is 1. The summed E-state index contributed by atoms with van der Waals surface area (Å²) in [6.07, 6.45) is 15.6. The number of amides is 1. The van der Waals surface area contributed by atoms with Crippen LogP contribution in [0.15, 0.2) is 163 Å². The lowest BCUT2D eigenvalue weighted by Gasteiger charge is -2.32. The predicted octanol–water partition coefficient (Wildman–Crippen LogP) is 26.1. The minimum atomic E-state index is -0.705. The van der Waals surface area contributed by atoms with Gasteiger partial charge in [-0.3, -0.25) is 9.97 Å². The molecule has 8 aromatic heterocycles. The van der Waals surface area contributed by atoms with Crippen LogP contribution in [0.25, 0.3) is 44.5 Å². The second-order valence-corrected chi connectivity index (χ2v) is 37.9. The van der Waals surface area contributed by atoms with Crippen molar-refractivity contribution in [1.29, 1.82) is 0 Å². The summed E-state index contributed by atoms with van der Waals surface area (Å²) in [4.78, 5) is 48.2. The van der Waals surface area contributed by atoms with Gasteiger partial charge in [0.25, 0.3) is 0 Å². The van der Waals surface area contributed by atoms with E-state index in [1.165, 1.54) is 55.6 Å². The fourth-order valence-corrected chi connectivity index (χ4v) is 17.3. The Bertz CT molecular complexity index is 6550. The summed E-state index contributed by atoms with van der Waals surface area (Å²) in [5.74, 6) is 1.77. The van der Waals surface area contributed by atoms with E-state index in [4.69, 9.17) is 191 Å². The fourth-order valence-electron chi connectivity index (χ4n) is 13.9. The summed E-state index contributed by atoms with van der Waals surface area (Å²) >= 11 is 64.1. The molecule has 0 radical (unpaired) electrons. The van der Waals surface area contributed by atoms with Gasteiger partial charge in [-0.25, -0.2) is 52.3 Å². The molecule has 734 valence electrons. The Hall–Kier alpha value is -10.5. The highest BCUT2D eigenvalue weighted by molar-refractivity contribution is 9.10. The molecule has 0 spiro atoms. The van der Waals surface area contributed by atoms with Crippen molar-refractivity contribution in [2.24, 2.45) is 0 Å². The van der Waals surface area contributed by atoms with Gasteiger partial charge in [0.15, 0.2) is 68.1 Å². The molecule has 139 heavy (non-hydrogen) atoms. The highest BCUT2D eigenvalue weighted by Crippen LogP contribution is 2.46. The van der Waals surface area contributed by atoms with Gasteiger partial charge in [-0.15, -0.1) is 0 Å². The number of hydrogen-bond acceptors (Lipinski definition) is 25. The van der Waals surface area contributed by atoms with Gasteiger partial charge in [0.2, 0.25) is 0 Å². The number of pyridine rings is 8. The molecule has 4 atom stereocenters. The SMILES string of the molecule is COc1cc(-c2cnc(N)c(O[C@H](C)c3c(Cl)ccc(F)c3Cl)c2)cnc1C1=CCN(C(=O)OC(C)(C)C)CC1.COc1cc(-c2cnc(N)c(O[C@H](C)c3c(Cl)ccc(F)c3Cl)c2)cnc1C1=CCNCC1.COc1cc(-c2cnc(N)c(O[C@H](C)c3c(Cl)ccc(F)c3Cl)c2)cnc1Cl.COc1cc(Br)cnc1Cl.C[C@@H](Oc1cc(B2OC(C)(C)C(C)(C)O2)cnc1N)c1c(Cl)ccc(F)c1Cl. The van der Waals surface area contributed by atoms with Crippen molar-refractivity contribution in [2.75, 3.05) is 77.6 Å². The van der Waals surface area contributed by atoms with Gasteiger partial charge in [0, 0.05) is 155 Å². The van der Waals surface area contributed by atoms with Crippen LogP contribution in [-0.2, 0) is 14.0 Å². The van der Waals surface area contributed by atoms with E-state index >= 15 is 0 Å². The Morgan fingerprint density at radius 1 is 0.439 bits per heavy atom. The van der Waals surface area contributed by atoms with Gasteiger partial charge in [-0.1, -0.05) is 128 Å². The average molecular weight is 2170 g/mol. The number of nitrogens with two attached hydrogens (primary N) is 4. The zero-order valence-electron chi connectivity index (χ0n) is 77.5. The summed E-state index contributed by atoms with van der Waals surface area (Å²) < 4.78 is 119. The summed E-state index contributed by atoms with van der Waals surface area (Å²) in [5.41, 5.74) is 32.4. The molecule has 4 aromatic carbocycles. The van der Waals surface area contributed by atoms with Crippen molar-refractivity contribution in [2.45, 2.75) is 130 Å². The van der Waals surface area contributed by atoms with Gasteiger partial charge < -0.3 is 85.1 Å². The lowest BCUT2D eigenvalue weighted by Crippen LogP contribution is -2.41. The zero-order valence-corrected chi connectivity index (χ0v) is 86.7. The van der Waals surface area contributed by atoms with Crippen LogP contribution >= 0.6 is 132 Å². The van der Waals surface area contributed by atoms with E-state index in [0.717, 1.165) is 57.5 Å². The third kappa shape index (κ3) is 27.2. The standard InChI is InChI=1S/C29H31Cl2FN4O4.C24H23Cl2FN4O2.C19H22BCl2FN2O3.C19H15Cl3FN3O2.C6H5BrClNO/c1-16(24-20(30)6-7-21(32)25(24)31)39-23-13-19(15-35-27(23)33)18-12-22(38-5)26(34-14-18)17-8-10-36(11-9-17)28(37)40-29(2,3)4;1-13(21-17(25)3-4-18(27)22(21)26)33-20-10-16(12-31-24(20)28)15-9-19(32-2)23(30-11-15)14-5-7-29-8-6-14;1-10(15-12(21)6-7-13(23)16(15)22)26-14-8-11(9-25-17(14)24)20-27-18(2,3)19(4,5)28-20;1-9(16-12(20)3-4-13(23)17(16)21)28-15-6-11(8-26-19(15)24)10-5-14(27-2)18(22)25-7-10;1-10-5-2-4(7)3-9-6(5)8/h6-8,12-16H,9-11H2,1-5H3,(H2,33,35);3-5,9-13,29H,6-8H2,1-2H3,(H2,28,31);6-10H,1-5H3,(H2,24,25);3-9H,1-2H3,(H2,24,26);2-3H,1H3/t16-;13-;10-;9-;/m1111./s1. The maximum Gasteiger partial charge on any atom is 0.496 e. The molecule has 42 heteroatoms. The molecule has 0 aliphatic carbocycles. The molecule has 15 rings (SSSR count). The highest BCUT2D eigenvalue weighted by atomic mass is 79.9. The molecule has 26 nitrogen and oxygen atoms in total. The summed E-state index contributed by atoms with van der Waals surface area (Å²) in [5, 5.41) is 4.68. The van der Waals surface area contributed by atoms with Gasteiger partial charge in [-0.05, 0) is 220 Å². The van der Waals surface area contributed by atoms with Crippen LogP contribution in [0.4, 0.5) is 45.6 Å². The maximum atomic E-state index is 14.0. The Morgan fingerprint density at radius 3 is 1.09 bits per heavy atom. The molecular formula is C97H96BBrCl10F4N14O12. The molecule has 1 amide bonds. The third-order valence-electron chi connectivity index (χ3n) is 21.9. The summed E-state index contributed by atoms with van der Waals surface area (Å²) in [6, 6.07) is 24.6. The van der Waals surface area contributed by atoms with E-state index in [1.807, 2.05) is 66.7 Å². The van der Waals surface area contributed by atoms with Crippen LogP contribution < -0.4 is 71.6 Å². The number of benzene rings is 4. The van der Waals surface area contributed by atoms with Crippen molar-refractivity contribution in [3.8, 4) is 79.4 Å². The van der Waals surface area contributed by atoms with E-state index in [0.29, 0.717) is 119 Å². The summed E-state index contributed by atoms with van der Waals surface area (Å²) in [7, 11) is 5.63. The molecule has 0 unspecified atom stereocenters. The molecule has 12 aromatic rings. The quantitative estimate of drug-likeness (QED) is 0.0182. The van der Waals surface area contributed by atoms with E-state index in [1.54, 1.807) is 140 Å². The second kappa shape index (κ2) is 47.8. The number of nitrogens with zero attached hydrogens (tertiary/aromatic N) is 9. The normalized spacial score (nSPS) is 14.5. The fraction of sp³-hybridized carbons (Fsp3) is 0.289. The number of nitrogens with one attached hydrogen (secondary N) is 1.